The van der Waals surface area contributed by atoms with Crippen molar-refractivity contribution in [2.24, 2.45) is 0 Å². The van der Waals surface area contributed by atoms with Crippen LogP contribution in [0.25, 0.3) is 0 Å². The number of methoxy groups -OCH3 is 1. The van der Waals surface area contributed by atoms with Crippen molar-refractivity contribution in [2.75, 3.05) is 24.3 Å². The van der Waals surface area contributed by atoms with E-state index in [1.807, 2.05) is 48.5 Å². The standard InChI is InChI=1S/C19H19BrN4O/c1-25-17-9-5-2-6-14(17)10-12-21-18-11-13-22-19(24-18)23-16-8-4-3-7-15(16)20/h2-9,11,13H,10,12H2,1H3,(H2,21,22,23,24). The number of hydrogen-bond acceptors (Lipinski definition) is 5. The molecule has 25 heavy (non-hydrogen) atoms. The predicted octanol–water partition coefficient (Wildman–Crippen LogP) is 4.65. The highest BCUT2D eigenvalue weighted by molar-refractivity contribution is 9.10. The van der Waals surface area contributed by atoms with E-state index in [-0.39, 0.29) is 0 Å². The van der Waals surface area contributed by atoms with E-state index >= 15 is 0 Å². The van der Waals surface area contributed by atoms with Gasteiger partial charge in [-0.15, -0.1) is 0 Å². The monoisotopic (exact) mass is 398 g/mol. The number of ether oxygens (including phenoxy) is 1. The van der Waals surface area contributed by atoms with Crippen molar-refractivity contribution in [1.82, 2.24) is 9.97 Å². The number of hydrogen-bond donors (Lipinski definition) is 2. The van der Waals surface area contributed by atoms with Crippen molar-refractivity contribution < 1.29 is 4.74 Å². The van der Waals surface area contributed by atoms with Crippen LogP contribution in [0.1, 0.15) is 5.56 Å². The van der Waals surface area contributed by atoms with Crippen LogP contribution in [0.5, 0.6) is 5.75 Å². The second kappa shape index (κ2) is 8.48. The normalized spacial score (nSPS) is 10.3. The van der Waals surface area contributed by atoms with Crippen LogP contribution in [-0.4, -0.2) is 23.6 Å². The molecule has 0 spiro atoms. The van der Waals surface area contributed by atoms with Crippen LogP contribution in [-0.2, 0) is 6.42 Å². The summed E-state index contributed by atoms with van der Waals surface area (Å²) in [5, 5.41) is 6.54. The van der Waals surface area contributed by atoms with Gasteiger partial charge in [-0.1, -0.05) is 30.3 Å². The molecule has 0 radical (unpaired) electrons. The summed E-state index contributed by atoms with van der Waals surface area (Å²) in [6.07, 6.45) is 2.58. The maximum Gasteiger partial charge on any atom is 0.229 e. The van der Waals surface area contributed by atoms with Crippen LogP contribution in [0.15, 0.2) is 65.3 Å². The number of halogens is 1. The average Bonchev–Trinajstić information content (AvgIpc) is 2.64. The van der Waals surface area contributed by atoms with Crippen LogP contribution < -0.4 is 15.4 Å². The molecule has 3 aromatic rings. The van der Waals surface area contributed by atoms with Gasteiger partial charge in [0.25, 0.3) is 0 Å². The zero-order chi connectivity index (χ0) is 17.5. The summed E-state index contributed by atoms with van der Waals surface area (Å²) in [4.78, 5) is 8.76. The number of anilines is 3. The maximum atomic E-state index is 5.38. The Morgan fingerprint density at radius 2 is 1.84 bits per heavy atom. The Labute approximate surface area is 155 Å². The van der Waals surface area contributed by atoms with Crippen LogP contribution in [0.3, 0.4) is 0 Å². The summed E-state index contributed by atoms with van der Waals surface area (Å²) < 4.78 is 6.34. The Kier molecular flexibility index (Phi) is 5.85. The number of nitrogens with zero attached hydrogens (tertiary/aromatic N) is 2. The van der Waals surface area contributed by atoms with Crippen molar-refractivity contribution in [1.29, 1.82) is 0 Å². The number of para-hydroxylation sites is 2. The van der Waals surface area contributed by atoms with Gasteiger partial charge in [-0.3, -0.25) is 0 Å². The van der Waals surface area contributed by atoms with Crippen LogP contribution in [0.4, 0.5) is 17.5 Å². The van der Waals surface area contributed by atoms with Gasteiger partial charge in [0.15, 0.2) is 0 Å². The summed E-state index contributed by atoms with van der Waals surface area (Å²) in [5.74, 6) is 2.23. The van der Waals surface area contributed by atoms with E-state index in [0.717, 1.165) is 40.3 Å². The van der Waals surface area contributed by atoms with Crippen molar-refractivity contribution in [3.63, 3.8) is 0 Å². The zero-order valence-corrected chi connectivity index (χ0v) is 15.5. The molecule has 1 heterocycles. The fourth-order valence-electron chi connectivity index (χ4n) is 2.44. The SMILES string of the molecule is COc1ccccc1CCNc1ccnc(Nc2ccccc2Br)n1. The van der Waals surface area contributed by atoms with Gasteiger partial charge in [0.2, 0.25) is 5.95 Å². The Morgan fingerprint density at radius 1 is 1.04 bits per heavy atom. The lowest BCUT2D eigenvalue weighted by Crippen LogP contribution is -2.08. The highest BCUT2D eigenvalue weighted by Gasteiger charge is 2.04. The molecule has 0 saturated carbocycles. The molecule has 3 rings (SSSR count). The number of benzene rings is 2. The molecule has 1 aromatic heterocycles. The molecule has 0 atom stereocenters. The van der Waals surface area contributed by atoms with Gasteiger partial charge in [-0.05, 0) is 52.2 Å². The van der Waals surface area contributed by atoms with Gasteiger partial charge < -0.3 is 15.4 Å². The first kappa shape index (κ1) is 17.2. The Morgan fingerprint density at radius 3 is 2.68 bits per heavy atom. The molecule has 0 aliphatic heterocycles. The predicted molar refractivity (Wildman–Crippen MR) is 105 cm³/mol. The largest absolute Gasteiger partial charge is 0.496 e. The molecule has 2 N–H and O–H groups in total. The number of rotatable bonds is 7. The molecule has 0 saturated heterocycles. The first-order valence-electron chi connectivity index (χ1n) is 7.96. The summed E-state index contributed by atoms with van der Waals surface area (Å²) in [6.45, 7) is 0.756. The molecule has 0 amide bonds. The van der Waals surface area contributed by atoms with Crippen molar-refractivity contribution in [2.45, 2.75) is 6.42 Å². The van der Waals surface area contributed by atoms with Gasteiger partial charge >= 0.3 is 0 Å². The van der Waals surface area contributed by atoms with Gasteiger partial charge in [0, 0.05) is 17.2 Å². The van der Waals surface area contributed by atoms with Gasteiger partial charge in [0.1, 0.15) is 11.6 Å². The van der Waals surface area contributed by atoms with E-state index in [1.165, 1.54) is 0 Å². The Balaban J connectivity index is 1.61. The fourth-order valence-corrected chi connectivity index (χ4v) is 2.82. The quantitative estimate of drug-likeness (QED) is 0.606. The third-order valence-electron chi connectivity index (χ3n) is 3.67. The Bertz CT molecular complexity index is 841. The minimum Gasteiger partial charge on any atom is -0.496 e. The van der Waals surface area contributed by atoms with E-state index < -0.39 is 0 Å². The molecule has 5 nitrogen and oxygen atoms in total. The van der Waals surface area contributed by atoms with E-state index in [4.69, 9.17) is 4.74 Å². The lowest BCUT2D eigenvalue weighted by Gasteiger charge is -2.11. The lowest BCUT2D eigenvalue weighted by molar-refractivity contribution is 0.410. The molecule has 0 unspecified atom stereocenters. The van der Waals surface area contributed by atoms with Crippen LogP contribution in [0, 0.1) is 0 Å². The summed E-state index contributed by atoms with van der Waals surface area (Å²) in [6, 6.07) is 17.7. The summed E-state index contributed by atoms with van der Waals surface area (Å²) in [5.41, 5.74) is 2.09. The second-order valence-corrected chi connectivity index (χ2v) is 6.21. The molecule has 128 valence electrons. The van der Waals surface area contributed by atoms with Crippen molar-refractivity contribution in [3.8, 4) is 5.75 Å². The summed E-state index contributed by atoms with van der Waals surface area (Å²) >= 11 is 3.51. The fraction of sp³-hybridized carbons (Fsp3) is 0.158. The maximum absolute atomic E-state index is 5.38. The Hall–Kier alpha value is -2.60. The molecule has 0 aliphatic rings. The first-order chi connectivity index (χ1) is 12.3. The van der Waals surface area contributed by atoms with E-state index in [9.17, 15) is 0 Å². The van der Waals surface area contributed by atoms with Crippen molar-refractivity contribution >= 4 is 33.4 Å². The molecule has 6 heteroatoms. The lowest BCUT2D eigenvalue weighted by atomic mass is 10.1. The van der Waals surface area contributed by atoms with Gasteiger partial charge in [-0.2, -0.15) is 4.98 Å². The number of nitrogens with one attached hydrogen (secondary N) is 2. The number of aromatic nitrogens is 2. The molecule has 2 aromatic carbocycles. The average molecular weight is 399 g/mol. The molecule has 0 bridgehead atoms. The minimum atomic E-state index is 0.550. The molecular weight excluding hydrogens is 380 g/mol. The van der Waals surface area contributed by atoms with Gasteiger partial charge in [0.05, 0.1) is 12.8 Å². The summed E-state index contributed by atoms with van der Waals surface area (Å²) in [7, 11) is 1.69. The topological polar surface area (TPSA) is 59.1 Å². The highest BCUT2D eigenvalue weighted by Crippen LogP contribution is 2.24. The highest BCUT2D eigenvalue weighted by atomic mass is 79.9. The second-order valence-electron chi connectivity index (χ2n) is 5.36. The van der Waals surface area contributed by atoms with Crippen LogP contribution >= 0.6 is 15.9 Å². The van der Waals surface area contributed by atoms with E-state index in [2.05, 4.69) is 42.6 Å². The van der Waals surface area contributed by atoms with Crippen LogP contribution in [0.2, 0.25) is 0 Å². The minimum absolute atomic E-state index is 0.550. The van der Waals surface area contributed by atoms with Crippen molar-refractivity contribution in [3.05, 3.63) is 70.8 Å². The molecule has 0 aliphatic carbocycles. The molecular formula is C19H19BrN4O. The molecule has 0 fully saturated rings. The zero-order valence-electron chi connectivity index (χ0n) is 13.9. The third kappa shape index (κ3) is 4.70. The van der Waals surface area contributed by atoms with E-state index in [0.29, 0.717) is 5.95 Å². The smallest absolute Gasteiger partial charge is 0.229 e. The van der Waals surface area contributed by atoms with Gasteiger partial charge in [-0.25, -0.2) is 4.98 Å². The first-order valence-corrected chi connectivity index (χ1v) is 8.76. The van der Waals surface area contributed by atoms with E-state index in [1.54, 1.807) is 13.3 Å². The third-order valence-corrected chi connectivity index (χ3v) is 4.36.